The highest BCUT2D eigenvalue weighted by atomic mass is 19.1. The number of rotatable bonds is 3. The minimum Gasteiger partial charge on any atom is -0.206 e. The monoisotopic (exact) mass is 342 g/mol. The van der Waals surface area contributed by atoms with Crippen molar-refractivity contribution in [3.05, 3.63) is 109 Å². The average Bonchev–Trinajstić information content (AvgIpc) is 2.69. The lowest BCUT2D eigenvalue weighted by Crippen LogP contribution is -1.90. The van der Waals surface area contributed by atoms with Crippen molar-refractivity contribution in [3.63, 3.8) is 0 Å². The molecule has 0 nitrogen and oxygen atoms in total. The van der Waals surface area contributed by atoms with Gasteiger partial charge in [0.1, 0.15) is 11.6 Å². The first-order chi connectivity index (χ1) is 12.7. The summed E-state index contributed by atoms with van der Waals surface area (Å²) in [7, 11) is 0. The van der Waals surface area contributed by atoms with Gasteiger partial charge in [-0.2, -0.15) is 0 Å². The molecule has 0 saturated heterocycles. The predicted octanol–water partition coefficient (Wildman–Crippen LogP) is 6.97. The summed E-state index contributed by atoms with van der Waals surface area (Å²) >= 11 is 0. The Kier molecular flexibility index (Phi) is 4.32. The van der Waals surface area contributed by atoms with Crippen molar-refractivity contribution in [2.45, 2.75) is 0 Å². The molecule has 0 unspecified atom stereocenters. The van der Waals surface area contributed by atoms with Crippen LogP contribution in [0.5, 0.6) is 0 Å². The normalized spacial score (nSPS) is 10.7. The Balaban J connectivity index is 1.83. The molecule has 26 heavy (non-hydrogen) atoms. The van der Waals surface area contributed by atoms with E-state index in [-0.39, 0.29) is 11.6 Å². The molecule has 4 aromatic rings. The number of hydrogen-bond acceptors (Lipinski definition) is 0. The van der Waals surface area contributed by atoms with Crippen LogP contribution in [0.3, 0.4) is 0 Å². The van der Waals surface area contributed by atoms with Crippen molar-refractivity contribution in [1.82, 2.24) is 0 Å². The zero-order valence-corrected chi connectivity index (χ0v) is 14.0. The summed E-state index contributed by atoms with van der Waals surface area (Å²) in [6, 6.07) is 28.7. The maximum atomic E-state index is 14.8. The van der Waals surface area contributed by atoms with Crippen molar-refractivity contribution in [2.75, 3.05) is 0 Å². The summed E-state index contributed by atoms with van der Waals surface area (Å²) in [5.74, 6) is -0.585. The molecular weight excluding hydrogens is 326 g/mol. The van der Waals surface area contributed by atoms with E-state index in [4.69, 9.17) is 0 Å². The minimum atomic E-state index is -0.294. The molecule has 0 saturated carbocycles. The second-order valence-electron chi connectivity index (χ2n) is 6.09. The minimum absolute atomic E-state index is 0.290. The van der Waals surface area contributed by atoms with E-state index in [2.05, 4.69) is 0 Å². The molecule has 0 bridgehead atoms. The van der Waals surface area contributed by atoms with Gasteiger partial charge in [-0.3, -0.25) is 0 Å². The molecule has 0 aliphatic heterocycles. The summed E-state index contributed by atoms with van der Waals surface area (Å²) in [6.45, 7) is 0. The third-order valence-corrected chi connectivity index (χ3v) is 4.46. The summed E-state index contributed by atoms with van der Waals surface area (Å²) in [6.07, 6.45) is 0. The largest absolute Gasteiger partial charge is 0.206 e. The van der Waals surface area contributed by atoms with E-state index < -0.39 is 0 Å². The van der Waals surface area contributed by atoms with Gasteiger partial charge in [0, 0.05) is 11.1 Å². The van der Waals surface area contributed by atoms with Crippen LogP contribution < -0.4 is 0 Å². The van der Waals surface area contributed by atoms with E-state index in [1.807, 2.05) is 60.7 Å². The van der Waals surface area contributed by atoms with E-state index in [0.29, 0.717) is 11.1 Å². The predicted molar refractivity (Wildman–Crippen MR) is 103 cm³/mol. The van der Waals surface area contributed by atoms with E-state index >= 15 is 0 Å². The van der Waals surface area contributed by atoms with E-state index in [1.54, 1.807) is 24.3 Å². The van der Waals surface area contributed by atoms with Gasteiger partial charge < -0.3 is 0 Å². The molecule has 0 amide bonds. The van der Waals surface area contributed by atoms with Gasteiger partial charge in [-0.05, 0) is 34.4 Å². The lowest BCUT2D eigenvalue weighted by molar-refractivity contribution is 0.631. The van der Waals surface area contributed by atoms with Crippen LogP contribution in [0.1, 0.15) is 0 Å². The first-order valence-electron chi connectivity index (χ1n) is 8.43. The molecule has 0 fully saturated rings. The van der Waals surface area contributed by atoms with Gasteiger partial charge in [0.05, 0.1) is 0 Å². The van der Waals surface area contributed by atoms with Gasteiger partial charge in [-0.1, -0.05) is 84.9 Å². The average molecular weight is 342 g/mol. The maximum Gasteiger partial charge on any atom is 0.131 e. The molecule has 0 radical (unpaired) electrons. The molecule has 4 rings (SSSR count). The Bertz CT molecular complexity index is 1050. The van der Waals surface area contributed by atoms with Crippen molar-refractivity contribution in [3.8, 4) is 33.4 Å². The zero-order chi connectivity index (χ0) is 17.9. The van der Waals surface area contributed by atoms with E-state index in [0.717, 1.165) is 22.3 Å². The first-order valence-corrected chi connectivity index (χ1v) is 8.43. The fourth-order valence-electron chi connectivity index (χ4n) is 3.18. The van der Waals surface area contributed by atoms with Crippen LogP contribution >= 0.6 is 0 Å². The Morgan fingerprint density at radius 2 is 1.00 bits per heavy atom. The van der Waals surface area contributed by atoms with Gasteiger partial charge in [-0.25, -0.2) is 8.78 Å². The fraction of sp³-hybridized carbons (Fsp3) is 0. The van der Waals surface area contributed by atoms with E-state index in [9.17, 15) is 8.78 Å². The molecule has 0 spiro atoms. The third kappa shape index (κ3) is 3.02. The van der Waals surface area contributed by atoms with Crippen LogP contribution in [0.25, 0.3) is 33.4 Å². The van der Waals surface area contributed by atoms with Crippen LogP contribution in [-0.2, 0) is 0 Å². The van der Waals surface area contributed by atoms with Gasteiger partial charge in [-0.15, -0.1) is 0 Å². The molecule has 2 heteroatoms. The highest BCUT2D eigenvalue weighted by Crippen LogP contribution is 2.35. The Hall–Kier alpha value is -3.26. The van der Waals surface area contributed by atoms with Gasteiger partial charge in [0.15, 0.2) is 0 Å². The number of hydrogen-bond donors (Lipinski definition) is 0. The highest BCUT2D eigenvalue weighted by Gasteiger charge is 2.13. The Morgan fingerprint density at radius 1 is 0.385 bits per heavy atom. The standard InChI is InChI=1S/C24H16F2/c25-23-13-7-6-12-22(23)21-11-5-4-10-19(21)18-14-15-20(24(26)16-18)17-8-2-1-3-9-17/h1-16H. The lowest BCUT2D eigenvalue weighted by Gasteiger charge is -2.12. The molecular formula is C24H16F2. The smallest absolute Gasteiger partial charge is 0.131 e. The van der Waals surface area contributed by atoms with Crippen LogP contribution in [0.2, 0.25) is 0 Å². The molecule has 0 N–H and O–H groups in total. The number of halogens is 2. The zero-order valence-electron chi connectivity index (χ0n) is 14.0. The quantitative estimate of drug-likeness (QED) is 0.377. The van der Waals surface area contributed by atoms with Gasteiger partial charge in [0.25, 0.3) is 0 Å². The van der Waals surface area contributed by atoms with Crippen LogP contribution in [0.15, 0.2) is 97.1 Å². The fourth-order valence-corrected chi connectivity index (χ4v) is 3.18. The molecule has 0 aromatic heterocycles. The number of benzene rings is 4. The topological polar surface area (TPSA) is 0 Å². The van der Waals surface area contributed by atoms with Crippen LogP contribution in [0, 0.1) is 11.6 Å². The van der Waals surface area contributed by atoms with Crippen molar-refractivity contribution in [2.24, 2.45) is 0 Å². The Labute approximate surface area is 151 Å². The van der Waals surface area contributed by atoms with Crippen molar-refractivity contribution in [1.29, 1.82) is 0 Å². The van der Waals surface area contributed by atoms with E-state index in [1.165, 1.54) is 12.1 Å². The molecule has 126 valence electrons. The Morgan fingerprint density at radius 3 is 1.69 bits per heavy atom. The summed E-state index contributed by atoms with van der Waals surface area (Å²) < 4.78 is 29.0. The van der Waals surface area contributed by atoms with Gasteiger partial charge >= 0.3 is 0 Å². The molecule has 0 aliphatic rings. The summed E-state index contributed by atoms with van der Waals surface area (Å²) in [5.41, 5.74) is 4.17. The molecule has 0 atom stereocenters. The molecule has 0 aliphatic carbocycles. The van der Waals surface area contributed by atoms with Crippen LogP contribution in [-0.4, -0.2) is 0 Å². The second-order valence-corrected chi connectivity index (χ2v) is 6.09. The van der Waals surface area contributed by atoms with Crippen molar-refractivity contribution >= 4 is 0 Å². The van der Waals surface area contributed by atoms with Crippen LogP contribution in [0.4, 0.5) is 8.78 Å². The third-order valence-electron chi connectivity index (χ3n) is 4.46. The summed E-state index contributed by atoms with van der Waals surface area (Å²) in [5, 5.41) is 0. The van der Waals surface area contributed by atoms with Gasteiger partial charge in [0.2, 0.25) is 0 Å². The lowest BCUT2D eigenvalue weighted by atomic mass is 9.93. The first kappa shape index (κ1) is 16.2. The second kappa shape index (κ2) is 6.93. The molecule has 0 heterocycles. The summed E-state index contributed by atoms with van der Waals surface area (Å²) in [4.78, 5) is 0. The molecule has 4 aromatic carbocycles. The highest BCUT2D eigenvalue weighted by molar-refractivity contribution is 5.84. The maximum absolute atomic E-state index is 14.8. The van der Waals surface area contributed by atoms with Crippen molar-refractivity contribution < 1.29 is 8.78 Å². The SMILES string of the molecule is Fc1cc(-c2ccccc2-c2ccccc2F)ccc1-c1ccccc1.